The minimum atomic E-state index is -3.13. The molecule has 0 spiro atoms. The number of rotatable bonds is 11. The van der Waals surface area contributed by atoms with Crippen LogP contribution in [0.3, 0.4) is 0 Å². The molecule has 0 saturated heterocycles. The van der Waals surface area contributed by atoms with Gasteiger partial charge in [0.1, 0.15) is 0 Å². The van der Waals surface area contributed by atoms with E-state index in [0.717, 1.165) is 38.8 Å². The van der Waals surface area contributed by atoms with Crippen molar-refractivity contribution in [3.05, 3.63) is 91.0 Å². The first-order chi connectivity index (χ1) is 14.2. The number of halogens is 1. The molecule has 0 fully saturated rings. The van der Waals surface area contributed by atoms with E-state index in [2.05, 4.69) is 96.3 Å². The van der Waals surface area contributed by atoms with Crippen LogP contribution in [0.5, 0.6) is 0 Å². The van der Waals surface area contributed by atoms with Gasteiger partial charge in [0.2, 0.25) is 0 Å². The summed E-state index contributed by atoms with van der Waals surface area (Å²) in [4.78, 5) is 0. The molecule has 0 aromatic heterocycles. The van der Waals surface area contributed by atoms with Crippen LogP contribution in [0.25, 0.3) is 0 Å². The first kappa shape index (κ1) is 22.0. The number of nitrogens with one attached hydrogen (secondary N) is 1. The number of benzene rings is 3. The zero-order chi connectivity index (χ0) is 20.4. The van der Waals surface area contributed by atoms with Crippen molar-refractivity contribution in [1.82, 2.24) is 5.32 Å². The van der Waals surface area contributed by atoms with Gasteiger partial charge in [-0.25, -0.2) is 0 Å². The molecule has 0 aliphatic carbocycles. The Balaban J connectivity index is 2.00. The average molecular weight is 428 g/mol. The summed E-state index contributed by atoms with van der Waals surface area (Å²) in [6.07, 6.45) is 2.81. The summed E-state index contributed by atoms with van der Waals surface area (Å²) in [7, 11) is 1.97. The quantitative estimate of drug-likeness (QED) is 0.354. The molecule has 2 nitrogen and oxygen atoms in total. The molecule has 0 heterocycles. The van der Waals surface area contributed by atoms with Gasteiger partial charge < -0.3 is 0 Å². The van der Waals surface area contributed by atoms with E-state index in [9.17, 15) is 0 Å². The molecule has 0 bridgehead atoms. The fourth-order valence-corrected chi connectivity index (χ4v) is 10.1. The summed E-state index contributed by atoms with van der Waals surface area (Å²) in [5, 5.41) is 6.81. The zero-order valence-corrected chi connectivity index (χ0v) is 18.8. The second-order valence-electron chi connectivity index (χ2n) is 7.34. The third-order valence-electron chi connectivity index (χ3n) is 5.47. The molecule has 4 heteroatoms. The van der Waals surface area contributed by atoms with Crippen LogP contribution >= 0.6 is 17.2 Å². The fraction of sp³-hybridized carbons (Fsp3) is 0.280. The van der Waals surface area contributed by atoms with Crippen molar-refractivity contribution >= 4 is 33.1 Å². The molecule has 3 aromatic carbocycles. The molecule has 3 aromatic rings. The zero-order valence-electron chi connectivity index (χ0n) is 17.1. The van der Waals surface area contributed by atoms with Crippen LogP contribution in [0.1, 0.15) is 12.8 Å². The summed E-state index contributed by atoms with van der Waals surface area (Å²) in [6, 6.07) is 31.9. The van der Waals surface area contributed by atoms with Crippen molar-refractivity contribution < 1.29 is 4.74 Å². The van der Waals surface area contributed by atoms with Crippen LogP contribution in [-0.4, -0.2) is 33.0 Å². The molecule has 29 heavy (non-hydrogen) atoms. The Labute approximate surface area is 180 Å². The van der Waals surface area contributed by atoms with Gasteiger partial charge in [-0.3, -0.25) is 0 Å². The molecular weight excluding hydrogens is 397 g/mol. The predicted molar refractivity (Wildman–Crippen MR) is 130 cm³/mol. The third kappa shape index (κ3) is 4.73. The Morgan fingerprint density at radius 1 is 0.690 bits per heavy atom. The molecule has 0 aliphatic rings. The summed E-state index contributed by atoms with van der Waals surface area (Å²) in [5.74, 6) is -3.13. The van der Waals surface area contributed by atoms with E-state index in [1.807, 2.05) is 7.05 Å². The Morgan fingerprint density at radius 3 is 1.52 bits per heavy atom. The van der Waals surface area contributed by atoms with Crippen molar-refractivity contribution in [2.24, 2.45) is 0 Å². The maximum atomic E-state index is 8.00. The molecule has 0 amide bonds. The Bertz CT molecular complexity index is 758. The van der Waals surface area contributed by atoms with Gasteiger partial charge >= 0.3 is 180 Å². The van der Waals surface area contributed by atoms with Gasteiger partial charge in [0.05, 0.1) is 0 Å². The summed E-state index contributed by atoms with van der Waals surface area (Å²) < 4.78 is 5.91. The molecule has 0 radical (unpaired) electrons. The minimum absolute atomic E-state index is 0.723. The number of ether oxygens (including phenoxy) is 1. The van der Waals surface area contributed by atoms with Gasteiger partial charge in [-0.2, -0.15) is 0 Å². The standard InChI is InChI=1S/C25H31ClNOP/c1-27-19-11-20-28-21-12-22-29(26,23-13-5-2-6-14-23,24-15-7-3-8-16-24)25-17-9-4-10-18-25/h2-10,13-18,27H,11-12,19-22H2,1H3. The van der Waals surface area contributed by atoms with Crippen LogP contribution in [0.15, 0.2) is 91.0 Å². The van der Waals surface area contributed by atoms with Crippen molar-refractivity contribution in [1.29, 1.82) is 0 Å². The molecule has 3 rings (SSSR count). The molecule has 0 atom stereocenters. The molecule has 0 aliphatic heterocycles. The summed E-state index contributed by atoms with van der Waals surface area (Å²) in [6.45, 7) is 2.48. The van der Waals surface area contributed by atoms with Gasteiger partial charge in [0.25, 0.3) is 0 Å². The van der Waals surface area contributed by atoms with E-state index in [1.54, 1.807) is 0 Å². The molecule has 0 unspecified atom stereocenters. The molecule has 0 saturated carbocycles. The predicted octanol–water partition coefficient (Wildman–Crippen LogP) is 4.69. The number of hydrogen-bond acceptors (Lipinski definition) is 2. The Kier molecular flexibility index (Phi) is 7.86. The Hall–Kier alpha value is -1.70. The van der Waals surface area contributed by atoms with Gasteiger partial charge in [-0.15, -0.1) is 0 Å². The monoisotopic (exact) mass is 427 g/mol. The first-order valence-electron chi connectivity index (χ1n) is 10.3. The molecule has 154 valence electrons. The number of hydrogen-bond donors (Lipinski definition) is 1. The van der Waals surface area contributed by atoms with Crippen molar-refractivity contribution in [3.63, 3.8) is 0 Å². The van der Waals surface area contributed by atoms with Crippen LogP contribution in [0.2, 0.25) is 0 Å². The molecular formula is C25H31ClNOP. The van der Waals surface area contributed by atoms with Crippen LogP contribution in [0, 0.1) is 0 Å². The van der Waals surface area contributed by atoms with Crippen molar-refractivity contribution in [2.45, 2.75) is 12.8 Å². The Morgan fingerprint density at radius 2 is 1.10 bits per heavy atom. The van der Waals surface area contributed by atoms with E-state index in [0.29, 0.717) is 0 Å². The van der Waals surface area contributed by atoms with Crippen molar-refractivity contribution in [2.75, 3.05) is 33.0 Å². The van der Waals surface area contributed by atoms with Gasteiger partial charge in [0.15, 0.2) is 0 Å². The SMILES string of the molecule is CNCCCOCCCP(Cl)(c1ccccc1)(c1ccccc1)c1ccccc1. The second-order valence-corrected chi connectivity index (χ2v) is 13.9. The van der Waals surface area contributed by atoms with Gasteiger partial charge in [0, 0.05) is 0 Å². The maximum absolute atomic E-state index is 8.00. The van der Waals surface area contributed by atoms with E-state index in [-0.39, 0.29) is 0 Å². The topological polar surface area (TPSA) is 21.3 Å². The van der Waals surface area contributed by atoms with Crippen LogP contribution in [-0.2, 0) is 4.74 Å². The van der Waals surface area contributed by atoms with Gasteiger partial charge in [-0.1, -0.05) is 0 Å². The summed E-state index contributed by atoms with van der Waals surface area (Å²) >= 11 is 8.00. The first-order valence-corrected chi connectivity index (χ1v) is 13.6. The van der Waals surface area contributed by atoms with Crippen LogP contribution < -0.4 is 21.2 Å². The van der Waals surface area contributed by atoms with E-state index in [4.69, 9.17) is 16.0 Å². The summed E-state index contributed by atoms with van der Waals surface area (Å²) in [5.41, 5.74) is 0. The normalized spacial score (nSPS) is 13.0. The van der Waals surface area contributed by atoms with Crippen molar-refractivity contribution in [3.8, 4) is 0 Å². The van der Waals surface area contributed by atoms with E-state index < -0.39 is 5.96 Å². The van der Waals surface area contributed by atoms with Gasteiger partial charge in [-0.05, 0) is 0 Å². The van der Waals surface area contributed by atoms with Crippen LogP contribution in [0.4, 0.5) is 0 Å². The second kappa shape index (κ2) is 10.4. The van der Waals surface area contributed by atoms with E-state index in [1.165, 1.54) is 15.9 Å². The molecule has 1 N–H and O–H groups in total. The average Bonchev–Trinajstić information content (AvgIpc) is 2.80. The fourth-order valence-electron chi connectivity index (χ4n) is 3.97. The van der Waals surface area contributed by atoms with E-state index >= 15 is 0 Å². The third-order valence-corrected chi connectivity index (χ3v) is 13.0.